The van der Waals surface area contributed by atoms with Crippen molar-refractivity contribution in [2.45, 2.75) is 25.8 Å². The quantitative estimate of drug-likeness (QED) is 0.859. The van der Waals surface area contributed by atoms with E-state index in [1.807, 2.05) is 0 Å². The van der Waals surface area contributed by atoms with Gasteiger partial charge in [0, 0.05) is 24.7 Å². The van der Waals surface area contributed by atoms with Gasteiger partial charge in [-0.1, -0.05) is 13.3 Å². The van der Waals surface area contributed by atoms with Gasteiger partial charge in [0.25, 0.3) is 5.91 Å². The molecule has 1 aromatic rings. The molecule has 0 aliphatic carbocycles. The Hall–Kier alpha value is -1.80. The van der Waals surface area contributed by atoms with Crippen molar-refractivity contribution in [3.8, 4) is 11.5 Å². The summed E-state index contributed by atoms with van der Waals surface area (Å²) < 4.78 is 36.4. The molecule has 0 bridgehead atoms. The lowest BCUT2D eigenvalue weighted by Gasteiger charge is -2.17. The monoisotopic (exact) mass is 354 g/mol. The highest BCUT2D eigenvalue weighted by atomic mass is 32.2. The Balaban J connectivity index is 1.75. The molecule has 2 aliphatic rings. The Morgan fingerprint density at radius 1 is 1.29 bits per heavy atom. The van der Waals surface area contributed by atoms with Gasteiger partial charge in [0.05, 0.1) is 6.26 Å². The minimum Gasteiger partial charge on any atom is -0.454 e. The summed E-state index contributed by atoms with van der Waals surface area (Å²) in [6, 6.07) is 4.87. The molecule has 0 spiro atoms. The summed E-state index contributed by atoms with van der Waals surface area (Å²) in [4.78, 5) is 14.5. The molecule has 1 N–H and O–H groups in total. The van der Waals surface area contributed by atoms with Crippen LogP contribution in [0.25, 0.3) is 0 Å². The van der Waals surface area contributed by atoms with Gasteiger partial charge in [-0.25, -0.2) is 13.1 Å². The van der Waals surface area contributed by atoms with Crippen LogP contribution in [0.15, 0.2) is 18.2 Å². The van der Waals surface area contributed by atoms with E-state index in [1.54, 1.807) is 23.1 Å². The van der Waals surface area contributed by atoms with E-state index in [4.69, 9.17) is 9.47 Å². The second-order valence-electron chi connectivity index (χ2n) is 6.32. The molecule has 1 fully saturated rings. The van der Waals surface area contributed by atoms with Crippen LogP contribution in [-0.2, 0) is 10.0 Å². The number of amides is 1. The fourth-order valence-corrected chi connectivity index (χ4v) is 4.14. The molecule has 1 aromatic carbocycles. The second-order valence-corrected chi connectivity index (χ2v) is 8.10. The van der Waals surface area contributed by atoms with E-state index in [0.717, 1.165) is 19.1 Å². The molecule has 0 saturated carbocycles. The first-order valence-electron chi connectivity index (χ1n) is 8.03. The van der Waals surface area contributed by atoms with Crippen LogP contribution in [0, 0.1) is 5.92 Å². The summed E-state index contributed by atoms with van der Waals surface area (Å²) in [5.74, 6) is 1.21. The number of nitrogens with one attached hydrogen (secondary N) is 1. The number of rotatable bonds is 5. The second kappa shape index (κ2) is 6.60. The first-order valence-corrected chi connectivity index (χ1v) is 9.92. The van der Waals surface area contributed by atoms with Crippen molar-refractivity contribution in [3.63, 3.8) is 0 Å². The van der Waals surface area contributed by atoms with Gasteiger partial charge in [0.15, 0.2) is 11.5 Å². The molecule has 1 saturated heterocycles. The fraction of sp³-hybridized carbons (Fsp3) is 0.562. The van der Waals surface area contributed by atoms with E-state index in [9.17, 15) is 13.2 Å². The summed E-state index contributed by atoms with van der Waals surface area (Å²) >= 11 is 0. The van der Waals surface area contributed by atoms with Crippen molar-refractivity contribution in [1.82, 2.24) is 9.62 Å². The first-order chi connectivity index (χ1) is 11.4. The highest BCUT2D eigenvalue weighted by Gasteiger charge is 2.36. The maximum Gasteiger partial charge on any atom is 0.254 e. The predicted molar refractivity (Wildman–Crippen MR) is 88.6 cm³/mol. The number of hydrogen-bond acceptors (Lipinski definition) is 5. The number of nitrogens with zero attached hydrogens (tertiary/aromatic N) is 1. The number of fused-ring (bicyclic) bond motifs is 1. The van der Waals surface area contributed by atoms with E-state index in [1.165, 1.54) is 0 Å². The summed E-state index contributed by atoms with van der Waals surface area (Å²) in [6.07, 6.45) is 2.97. The molecular weight excluding hydrogens is 332 g/mol. The number of carbonyl (C=O) groups is 1. The standard InChI is InChI=1S/C16H22N2O5S/c1-3-4-12-8-18(9-13(12)17-24(2,20)21)16(19)11-5-6-14-15(7-11)23-10-22-14/h5-7,12-13,17H,3-4,8-10H2,1-2H3/t12-,13-/m1/s1. The highest BCUT2D eigenvalue weighted by molar-refractivity contribution is 7.88. The van der Waals surface area contributed by atoms with E-state index >= 15 is 0 Å². The van der Waals surface area contributed by atoms with E-state index in [0.29, 0.717) is 30.2 Å². The summed E-state index contributed by atoms with van der Waals surface area (Å²) in [6.45, 7) is 3.15. The zero-order valence-corrected chi connectivity index (χ0v) is 14.6. The van der Waals surface area contributed by atoms with E-state index < -0.39 is 10.0 Å². The summed E-state index contributed by atoms with van der Waals surface area (Å²) in [7, 11) is -3.31. The molecule has 0 radical (unpaired) electrons. The SMILES string of the molecule is CCC[C@@H]1CN(C(=O)c2ccc3c(c2)OCO3)C[C@H]1NS(C)(=O)=O. The Morgan fingerprint density at radius 3 is 2.75 bits per heavy atom. The molecular formula is C16H22N2O5S. The van der Waals surface area contributed by atoms with Gasteiger partial charge in [0.2, 0.25) is 16.8 Å². The van der Waals surface area contributed by atoms with Crippen LogP contribution in [0.1, 0.15) is 30.1 Å². The minimum atomic E-state index is -3.31. The molecule has 2 heterocycles. The van der Waals surface area contributed by atoms with E-state index in [2.05, 4.69) is 11.6 Å². The van der Waals surface area contributed by atoms with E-state index in [-0.39, 0.29) is 24.7 Å². The predicted octanol–water partition coefficient (Wildman–Crippen LogP) is 1.21. The maximum absolute atomic E-state index is 12.8. The average Bonchev–Trinajstić information content (AvgIpc) is 3.12. The topological polar surface area (TPSA) is 84.9 Å². The maximum atomic E-state index is 12.8. The van der Waals surface area contributed by atoms with Crippen LogP contribution < -0.4 is 14.2 Å². The van der Waals surface area contributed by atoms with Crippen LogP contribution in [0.2, 0.25) is 0 Å². The van der Waals surface area contributed by atoms with Crippen molar-refractivity contribution in [2.24, 2.45) is 5.92 Å². The van der Waals surface area contributed by atoms with Gasteiger partial charge in [0.1, 0.15) is 0 Å². The Labute approximate surface area is 142 Å². The number of benzene rings is 1. The number of ether oxygens (including phenoxy) is 2. The molecule has 3 rings (SSSR count). The van der Waals surface area contributed by atoms with Gasteiger partial charge >= 0.3 is 0 Å². The average molecular weight is 354 g/mol. The molecule has 24 heavy (non-hydrogen) atoms. The number of sulfonamides is 1. The lowest BCUT2D eigenvalue weighted by atomic mass is 9.99. The van der Waals surface area contributed by atoms with Crippen LogP contribution in [0.5, 0.6) is 11.5 Å². The number of hydrogen-bond donors (Lipinski definition) is 1. The van der Waals surface area contributed by atoms with Crippen LogP contribution in [0.3, 0.4) is 0 Å². The number of likely N-dealkylation sites (tertiary alicyclic amines) is 1. The third kappa shape index (κ3) is 3.64. The highest BCUT2D eigenvalue weighted by Crippen LogP contribution is 2.33. The number of carbonyl (C=O) groups excluding carboxylic acids is 1. The van der Waals surface area contributed by atoms with Crippen molar-refractivity contribution >= 4 is 15.9 Å². The molecule has 1 amide bonds. The van der Waals surface area contributed by atoms with Crippen molar-refractivity contribution in [1.29, 1.82) is 0 Å². The van der Waals surface area contributed by atoms with Gasteiger partial charge in [-0.15, -0.1) is 0 Å². The van der Waals surface area contributed by atoms with Gasteiger partial charge in [-0.2, -0.15) is 0 Å². The molecule has 0 unspecified atom stereocenters. The van der Waals surface area contributed by atoms with Gasteiger partial charge in [-0.3, -0.25) is 4.79 Å². The first kappa shape index (κ1) is 17.0. The lowest BCUT2D eigenvalue weighted by Crippen LogP contribution is -2.40. The molecule has 2 atom stereocenters. The third-order valence-corrected chi connectivity index (χ3v) is 5.10. The summed E-state index contributed by atoms with van der Waals surface area (Å²) in [5, 5.41) is 0. The Kier molecular flexibility index (Phi) is 4.69. The van der Waals surface area contributed by atoms with Crippen molar-refractivity contribution in [3.05, 3.63) is 23.8 Å². The minimum absolute atomic E-state index is 0.118. The van der Waals surface area contributed by atoms with Gasteiger partial charge < -0.3 is 14.4 Å². The van der Waals surface area contributed by atoms with Gasteiger partial charge in [-0.05, 0) is 30.5 Å². The Bertz CT molecular complexity index is 734. The Morgan fingerprint density at radius 2 is 2.04 bits per heavy atom. The molecule has 0 aromatic heterocycles. The van der Waals surface area contributed by atoms with Crippen LogP contribution >= 0.6 is 0 Å². The molecule has 8 heteroatoms. The zero-order valence-electron chi connectivity index (χ0n) is 13.8. The largest absolute Gasteiger partial charge is 0.454 e. The zero-order chi connectivity index (χ0) is 17.3. The van der Waals surface area contributed by atoms with Crippen molar-refractivity contribution < 1.29 is 22.7 Å². The van der Waals surface area contributed by atoms with Crippen LogP contribution in [-0.4, -0.2) is 51.4 Å². The third-order valence-electron chi connectivity index (χ3n) is 4.37. The smallest absolute Gasteiger partial charge is 0.254 e. The lowest BCUT2D eigenvalue weighted by molar-refractivity contribution is 0.0784. The molecule has 2 aliphatic heterocycles. The fourth-order valence-electron chi connectivity index (χ4n) is 3.32. The van der Waals surface area contributed by atoms with Crippen molar-refractivity contribution in [2.75, 3.05) is 26.1 Å². The molecule has 7 nitrogen and oxygen atoms in total. The summed E-state index contributed by atoms with van der Waals surface area (Å²) in [5.41, 5.74) is 0.523. The molecule has 132 valence electrons. The normalized spacial score (nSPS) is 22.8. The van der Waals surface area contributed by atoms with Crippen LogP contribution in [0.4, 0.5) is 0 Å².